The number of hydrogen-bond donors (Lipinski definition) is 0. The van der Waals surface area contributed by atoms with Gasteiger partial charge in [0.1, 0.15) is 11.6 Å². The lowest BCUT2D eigenvalue weighted by Gasteiger charge is -2.28. The predicted octanol–water partition coefficient (Wildman–Crippen LogP) is 7.11. The average Bonchev–Trinajstić information content (AvgIpc) is 2.61. The summed E-state index contributed by atoms with van der Waals surface area (Å²) >= 11 is 0. The third-order valence-electron chi connectivity index (χ3n) is 5.40. The normalized spacial score (nSPS) is 20.4. The first-order valence-electron chi connectivity index (χ1n) is 9.30. The van der Waals surface area contributed by atoms with Gasteiger partial charge in [-0.05, 0) is 54.5 Å². The number of benzene rings is 2. The molecule has 0 saturated heterocycles. The van der Waals surface area contributed by atoms with Gasteiger partial charge in [0.15, 0.2) is 0 Å². The highest BCUT2D eigenvalue weighted by molar-refractivity contribution is 5.85. The van der Waals surface area contributed by atoms with Crippen LogP contribution in [0.15, 0.2) is 24.3 Å². The Kier molecular flexibility index (Phi) is 5.74. The van der Waals surface area contributed by atoms with E-state index in [0.717, 1.165) is 49.2 Å². The highest BCUT2D eigenvalue weighted by Gasteiger charge is 2.25. The molecule has 0 bridgehead atoms. The Bertz CT molecular complexity index is 877. The van der Waals surface area contributed by atoms with Gasteiger partial charge in [0.25, 0.3) is 0 Å². The Morgan fingerprint density at radius 3 is 2.37 bits per heavy atom. The Balaban J connectivity index is 1.90. The number of halogens is 5. The summed E-state index contributed by atoms with van der Waals surface area (Å²) in [5.74, 6) is 1.52. The molecule has 0 N–H and O–H groups in total. The van der Waals surface area contributed by atoms with Crippen molar-refractivity contribution in [2.45, 2.75) is 57.5 Å². The molecule has 1 fully saturated rings. The van der Waals surface area contributed by atoms with Gasteiger partial charge in [-0.25, -0.2) is 8.78 Å². The molecule has 2 aromatic rings. The minimum atomic E-state index is -4.80. The molecule has 0 atom stereocenters. The van der Waals surface area contributed by atoms with E-state index in [9.17, 15) is 22.0 Å². The summed E-state index contributed by atoms with van der Waals surface area (Å²) in [5.41, 5.74) is 0.193. The number of hydrogen-bond acceptors (Lipinski definition) is 0. The lowest BCUT2D eigenvalue weighted by Crippen LogP contribution is -2.13. The van der Waals surface area contributed by atoms with E-state index in [4.69, 9.17) is 0 Å². The standard InChI is InChI=1S/C22H21F5/c1-2-3-14-4-6-15(7-5-14)16-8-9-18-17(12-16)13-20(23)19(21(18)24)10-11-22(25,26)27/h8-9,12-15H,2-7H2,1H3. The van der Waals surface area contributed by atoms with Crippen LogP contribution in [0.5, 0.6) is 0 Å². The summed E-state index contributed by atoms with van der Waals surface area (Å²) in [4.78, 5) is 0. The topological polar surface area (TPSA) is 0 Å². The van der Waals surface area contributed by atoms with Crippen molar-refractivity contribution < 1.29 is 22.0 Å². The van der Waals surface area contributed by atoms with Crippen LogP contribution in [-0.4, -0.2) is 6.18 Å². The van der Waals surface area contributed by atoms with E-state index in [0.29, 0.717) is 11.3 Å². The second kappa shape index (κ2) is 7.88. The summed E-state index contributed by atoms with van der Waals surface area (Å²) < 4.78 is 65.4. The smallest absolute Gasteiger partial charge is 0.205 e. The molecule has 0 radical (unpaired) electrons. The monoisotopic (exact) mass is 380 g/mol. The first-order chi connectivity index (χ1) is 12.8. The fourth-order valence-corrected chi connectivity index (χ4v) is 4.04. The molecule has 1 saturated carbocycles. The van der Waals surface area contributed by atoms with Crippen molar-refractivity contribution in [3.8, 4) is 11.8 Å². The van der Waals surface area contributed by atoms with Gasteiger partial charge in [-0.15, -0.1) is 0 Å². The molecule has 0 nitrogen and oxygen atoms in total. The van der Waals surface area contributed by atoms with Gasteiger partial charge in [0.2, 0.25) is 0 Å². The van der Waals surface area contributed by atoms with E-state index in [1.54, 1.807) is 18.1 Å². The third-order valence-corrected chi connectivity index (χ3v) is 5.40. The van der Waals surface area contributed by atoms with E-state index in [2.05, 4.69) is 6.92 Å². The van der Waals surface area contributed by atoms with Gasteiger partial charge >= 0.3 is 6.18 Å². The van der Waals surface area contributed by atoms with Gasteiger partial charge in [-0.1, -0.05) is 43.9 Å². The van der Waals surface area contributed by atoms with E-state index in [-0.39, 0.29) is 5.39 Å². The van der Waals surface area contributed by atoms with Crippen LogP contribution in [0.1, 0.15) is 62.5 Å². The summed E-state index contributed by atoms with van der Waals surface area (Å²) in [6.07, 6.45) is 2.05. The van der Waals surface area contributed by atoms with E-state index < -0.39 is 23.4 Å². The van der Waals surface area contributed by atoms with Crippen molar-refractivity contribution in [1.29, 1.82) is 0 Å². The summed E-state index contributed by atoms with van der Waals surface area (Å²) in [6.45, 7) is 2.19. The zero-order chi connectivity index (χ0) is 19.6. The number of rotatable bonds is 3. The fraction of sp³-hybridized carbons (Fsp3) is 0.455. The van der Waals surface area contributed by atoms with Crippen molar-refractivity contribution in [3.05, 3.63) is 47.0 Å². The van der Waals surface area contributed by atoms with Crippen LogP contribution in [0.3, 0.4) is 0 Å². The Morgan fingerprint density at radius 1 is 1.04 bits per heavy atom. The molecule has 0 amide bonds. The largest absolute Gasteiger partial charge is 0.458 e. The van der Waals surface area contributed by atoms with Gasteiger partial charge in [0.05, 0.1) is 5.56 Å². The number of alkyl halides is 3. The fourth-order valence-electron chi connectivity index (χ4n) is 4.04. The molecule has 27 heavy (non-hydrogen) atoms. The van der Waals surface area contributed by atoms with Crippen molar-refractivity contribution in [2.75, 3.05) is 0 Å². The highest BCUT2D eigenvalue weighted by Crippen LogP contribution is 2.38. The van der Waals surface area contributed by atoms with Crippen LogP contribution < -0.4 is 0 Å². The van der Waals surface area contributed by atoms with Crippen molar-refractivity contribution in [2.24, 2.45) is 5.92 Å². The summed E-state index contributed by atoms with van der Waals surface area (Å²) in [7, 11) is 0. The number of fused-ring (bicyclic) bond motifs is 1. The van der Waals surface area contributed by atoms with Crippen molar-refractivity contribution in [3.63, 3.8) is 0 Å². The van der Waals surface area contributed by atoms with E-state index >= 15 is 0 Å². The van der Waals surface area contributed by atoms with Gasteiger partial charge in [0, 0.05) is 11.3 Å². The minimum absolute atomic E-state index is 0.0892. The lowest BCUT2D eigenvalue weighted by atomic mass is 9.77. The molecular weight excluding hydrogens is 359 g/mol. The molecule has 2 aromatic carbocycles. The molecule has 1 aliphatic carbocycles. The zero-order valence-corrected chi connectivity index (χ0v) is 15.1. The maximum absolute atomic E-state index is 14.5. The predicted molar refractivity (Wildman–Crippen MR) is 96.4 cm³/mol. The molecular formula is C22H21F5. The quantitative estimate of drug-likeness (QED) is 0.393. The zero-order valence-electron chi connectivity index (χ0n) is 15.1. The van der Waals surface area contributed by atoms with Crippen LogP contribution in [0.4, 0.5) is 22.0 Å². The third kappa shape index (κ3) is 4.61. The molecule has 0 spiro atoms. The second-order valence-corrected chi connectivity index (χ2v) is 7.28. The highest BCUT2D eigenvalue weighted by atomic mass is 19.4. The molecule has 144 valence electrons. The van der Waals surface area contributed by atoms with Gasteiger partial charge < -0.3 is 0 Å². The Labute approximate surface area is 155 Å². The van der Waals surface area contributed by atoms with E-state index in [1.807, 2.05) is 0 Å². The second-order valence-electron chi connectivity index (χ2n) is 7.28. The molecule has 0 aliphatic heterocycles. The summed E-state index contributed by atoms with van der Waals surface area (Å²) in [5, 5.41) is 0.446. The molecule has 0 aromatic heterocycles. The molecule has 0 unspecified atom stereocenters. The van der Waals surface area contributed by atoms with Crippen LogP contribution in [0.2, 0.25) is 0 Å². The lowest BCUT2D eigenvalue weighted by molar-refractivity contribution is -0.0696. The Morgan fingerprint density at radius 2 is 1.74 bits per heavy atom. The minimum Gasteiger partial charge on any atom is -0.205 e. The average molecular weight is 380 g/mol. The van der Waals surface area contributed by atoms with Gasteiger partial charge in [-0.3, -0.25) is 0 Å². The van der Waals surface area contributed by atoms with Crippen LogP contribution in [0, 0.1) is 29.4 Å². The van der Waals surface area contributed by atoms with Crippen molar-refractivity contribution >= 4 is 10.8 Å². The maximum Gasteiger partial charge on any atom is 0.458 e. The molecule has 1 aliphatic rings. The molecule has 5 heteroatoms. The van der Waals surface area contributed by atoms with Crippen LogP contribution in [-0.2, 0) is 0 Å². The summed E-state index contributed by atoms with van der Waals surface area (Å²) in [6, 6.07) is 6.16. The molecule has 0 heterocycles. The first-order valence-corrected chi connectivity index (χ1v) is 9.30. The van der Waals surface area contributed by atoms with Crippen molar-refractivity contribution in [1.82, 2.24) is 0 Å². The van der Waals surface area contributed by atoms with Crippen LogP contribution in [0.25, 0.3) is 10.8 Å². The van der Waals surface area contributed by atoms with E-state index in [1.165, 1.54) is 18.9 Å². The Hall–Kier alpha value is -2.09. The first kappa shape index (κ1) is 19.7. The molecule has 3 rings (SSSR count). The van der Waals surface area contributed by atoms with Gasteiger partial charge in [-0.2, -0.15) is 13.2 Å². The van der Waals surface area contributed by atoms with Crippen LogP contribution >= 0.6 is 0 Å². The maximum atomic E-state index is 14.5. The SMILES string of the molecule is CCCC1CCC(c2ccc3c(F)c(C#CC(F)(F)F)c(F)cc3c2)CC1.